The summed E-state index contributed by atoms with van der Waals surface area (Å²) in [5.74, 6) is 0. The number of unbranched alkanes of at least 4 members (excludes halogenated alkanes) is 11. The molecular weight excluding hydrogens is 383 g/mol. The fourth-order valence-corrected chi connectivity index (χ4v) is 4.54. The van der Waals surface area contributed by atoms with Crippen LogP contribution in [0.3, 0.4) is 0 Å². The first-order valence-corrected chi connectivity index (χ1v) is 13.0. The Balaban J connectivity index is 0. The maximum absolute atomic E-state index is 11.4. The van der Waals surface area contributed by atoms with E-state index in [-0.39, 0.29) is 35.7 Å². The molecule has 0 aromatic rings. The van der Waals surface area contributed by atoms with E-state index >= 15 is 0 Å². The number of aliphatic hydroxyl groups is 1. The molecule has 6 heteroatoms. The third-order valence-corrected chi connectivity index (χ3v) is 6.78. The predicted octanol–water partition coefficient (Wildman–Crippen LogP) is 3.33. The van der Waals surface area contributed by atoms with Gasteiger partial charge in [0.15, 0.2) is 0 Å². The van der Waals surface area contributed by atoms with E-state index in [2.05, 4.69) is 13.8 Å². The average molecular weight is 429 g/mol. The summed E-state index contributed by atoms with van der Waals surface area (Å²) in [6.45, 7) is 4.30. The second kappa shape index (κ2) is 21.1. The molecule has 164 valence electrons. The van der Waals surface area contributed by atoms with Gasteiger partial charge < -0.3 is 9.66 Å². The molecule has 0 aliphatic carbocycles. The molecule has 0 aliphatic heterocycles. The topological polar surface area (TPSA) is 77.4 Å². The van der Waals surface area contributed by atoms with Gasteiger partial charge in [-0.3, -0.25) is 0 Å². The van der Waals surface area contributed by atoms with Gasteiger partial charge in [-0.05, 0) is 25.7 Å². The van der Waals surface area contributed by atoms with E-state index < -0.39 is 15.4 Å². The smallest absolute Gasteiger partial charge is 0.748 e. The predicted molar refractivity (Wildman–Crippen MR) is 114 cm³/mol. The van der Waals surface area contributed by atoms with E-state index in [1.807, 2.05) is 0 Å². The fraction of sp³-hybridized carbons (Fsp3) is 1.00. The molecule has 0 aromatic heterocycles. The zero-order chi connectivity index (χ0) is 20.4. The van der Waals surface area contributed by atoms with Gasteiger partial charge in [-0.2, -0.15) is 0 Å². The third kappa shape index (κ3) is 20.2. The summed E-state index contributed by atoms with van der Waals surface area (Å²) in [4.78, 5) is 0. The van der Waals surface area contributed by atoms with Crippen LogP contribution in [-0.2, 0) is 10.1 Å². The Kier molecular flexibility index (Phi) is 23.4. The molecule has 28 heavy (non-hydrogen) atoms. The summed E-state index contributed by atoms with van der Waals surface area (Å²) >= 11 is 0. The SMILES string of the molecule is CCCCCCCC(CCCCCCCCCC(O)CCCC)S(=O)(=O)[O-].[Na+]. The second-order valence-corrected chi connectivity index (χ2v) is 9.82. The van der Waals surface area contributed by atoms with Crippen LogP contribution >= 0.6 is 0 Å². The number of rotatable bonds is 20. The van der Waals surface area contributed by atoms with Crippen LogP contribution in [-0.4, -0.2) is 29.4 Å². The summed E-state index contributed by atoms with van der Waals surface area (Å²) in [7, 11) is -4.15. The van der Waals surface area contributed by atoms with Gasteiger partial charge in [-0.25, -0.2) is 8.42 Å². The van der Waals surface area contributed by atoms with E-state index in [1.165, 1.54) is 25.7 Å². The normalized spacial score (nSPS) is 13.9. The second-order valence-electron chi connectivity index (χ2n) is 8.17. The zero-order valence-electron chi connectivity index (χ0n) is 19.0. The molecule has 0 bridgehead atoms. The first kappa shape index (κ1) is 31.1. The maximum atomic E-state index is 11.4. The third-order valence-electron chi connectivity index (χ3n) is 5.49. The van der Waals surface area contributed by atoms with Crippen molar-refractivity contribution < 1.29 is 47.6 Å². The monoisotopic (exact) mass is 428 g/mol. The Morgan fingerprint density at radius 1 is 0.643 bits per heavy atom. The van der Waals surface area contributed by atoms with Gasteiger partial charge in [-0.1, -0.05) is 104 Å². The molecule has 0 saturated carbocycles. The molecule has 0 radical (unpaired) electrons. The van der Waals surface area contributed by atoms with Crippen molar-refractivity contribution in [3.05, 3.63) is 0 Å². The summed E-state index contributed by atoms with van der Waals surface area (Å²) in [6.07, 6.45) is 18.0. The number of aliphatic hydroxyl groups excluding tert-OH is 1. The molecular formula is C22H45NaO4S. The Hall–Kier alpha value is 0.870. The van der Waals surface area contributed by atoms with E-state index in [1.54, 1.807) is 0 Å². The van der Waals surface area contributed by atoms with Crippen molar-refractivity contribution in [3.8, 4) is 0 Å². The molecule has 0 spiro atoms. The van der Waals surface area contributed by atoms with Crippen LogP contribution in [0.1, 0.15) is 129 Å². The average Bonchev–Trinajstić information content (AvgIpc) is 2.62. The molecule has 0 saturated heterocycles. The van der Waals surface area contributed by atoms with Gasteiger partial charge in [0, 0.05) is 5.25 Å². The quantitative estimate of drug-likeness (QED) is 0.183. The van der Waals surface area contributed by atoms with E-state index in [0.29, 0.717) is 12.8 Å². The van der Waals surface area contributed by atoms with Crippen LogP contribution in [0, 0.1) is 0 Å². The minimum Gasteiger partial charge on any atom is -0.748 e. The van der Waals surface area contributed by atoms with Crippen molar-refractivity contribution in [2.75, 3.05) is 0 Å². The number of hydrogen-bond acceptors (Lipinski definition) is 4. The van der Waals surface area contributed by atoms with Gasteiger partial charge in [0.2, 0.25) is 0 Å². The Bertz CT molecular complexity index is 415. The first-order valence-electron chi connectivity index (χ1n) is 11.5. The molecule has 4 nitrogen and oxygen atoms in total. The van der Waals surface area contributed by atoms with Crippen LogP contribution < -0.4 is 29.6 Å². The van der Waals surface area contributed by atoms with Crippen molar-refractivity contribution in [2.24, 2.45) is 0 Å². The van der Waals surface area contributed by atoms with E-state index in [9.17, 15) is 18.1 Å². The molecule has 0 aromatic carbocycles. The molecule has 0 heterocycles. The standard InChI is InChI=1S/C22H46O4S.Na/c1-3-5-7-11-15-19-22(27(24,25)26)20-16-13-10-8-9-12-14-18-21(23)17-6-4-2;/h21-23H,3-20H2,1-2H3,(H,24,25,26);/q;+1/p-1. The number of hydrogen-bond donors (Lipinski definition) is 1. The van der Waals surface area contributed by atoms with Gasteiger partial charge >= 0.3 is 29.6 Å². The fourth-order valence-electron chi connectivity index (χ4n) is 3.63. The first-order chi connectivity index (χ1) is 12.9. The van der Waals surface area contributed by atoms with Gasteiger partial charge in [0.1, 0.15) is 0 Å². The Labute approximate surface area is 197 Å². The van der Waals surface area contributed by atoms with Gasteiger partial charge in [-0.15, -0.1) is 0 Å². The van der Waals surface area contributed by atoms with Crippen molar-refractivity contribution in [1.82, 2.24) is 0 Å². The van der Waals surface area contributed by atoms with E-state index in [0.717, 1.165) is 77.0 Å². The molecule has 0 rings (SSSR count). The van der Waals surface area contributed by atoms with Crippen molar-refractivity contribution in [2.45, 2.75) is 141 Å². The minimum atomic E-state index is -4.15. The molecule has 1 N–H and O–H groups in total. The van der Waals surface area contributed by atoms with E-state index in [4.69, 9.17) is 0 Å². The van der Waals surface area contributed by atoms with Crippen LogP contribution in [0.5, 0.6) is 0 Å². The summed E-state index contributed by atoms with van der Waals surface area (Å²) in [6, 6.07) is 0. The summed E-state index contributed by atoms with van der Waals surface area (Å²) in [5.41, 5.74) is 0. The zero-order valence-corrected chi connectivity index (χ0v) is 21.8. The Morgan fingerprint density at radius 3 is 1.43 bits per heavy atom. The Morgan fingerprint density at radius 2 is 1.00 bits per heavy atom. The molecule has 0 fully saturated rings. The maximum Gasteiger partial charge on any atom is 1.00 e. The largest absolute Gasteiger partial charge is 1.00 e. The van der Waals surface area contributed by atoms with Gasteiger partial charge in [0.05, 0.1) is 16.2 Å². The van der Waals surface area contributed by atoms with Crippen molar-refractivity contribution in [3.63, 3.8) is 0 Å². The van der Waals surface area contributed by atoms with Crippen LogP contribution in [0.4, 0.5) is 0 Å². The molecule has 0 aliphatic rings. The van der Waals surface area contributed by atoms with Crippen LogP contribution in [0.15, 0.2) is 0 Å². The van der Waals surface area contributed by atoms with Crippen LogP contribution in [0.25, 0.3) is 0 Å². The molecule has 2 atom stereocenters. The minimum absolute atomic E-state index is 0. The summed E-state index contributed by atoms with van der Waals surface area (Å²) < 4.78 is 34.3. The molecule has 0 amide bonds. The summed E-state index contributed by atoms with van der Waals surface area (Å²) in [5, 5.41) is 9.12. The molecule has 2 unspecified atom stereocenters. The van der Waals surface area contributed by atoms with Crippen LogP contribution in [0.2, 0.25) is 0 Å². The van der Waals surface area contributed by atoms with Crippen molar-refractivity contribution >= 4 is 10.1 Å². The van der Waals surface area contributed by atoms with Crippen molar-refractivity contribution in [1.29, 1.82) is 0 Å². The van der Waals surface area contributed by atoms with Gasteiger partial charge in [0.25, 0.3) is 0 Å².